The minimum atomic E-state index is -0.387. The monoisotopic (exact) mass is 273 g/mol. The van der Waals surface area contributed by atoms with Crippen LogP contribution in [0.2, 0.25) is 0 Å². The number of esters is 1. The molecule has 0 aliphatic carbocycles. The topological polar surface area (TPSA) is 48.4 Å². The van der Waals surface area contributed by atoms with Crippen molar-refractivity contribution in [3.05, 3.63) is 22.3 Å². The zero-order valence-corrected chi connectivity index (χ0v) is 10.2. The normalized spacial score (nSPS) is 9.80. The van der Waals surface area contributed by atoms with Gasteiger partial charge in [-0.1, -0.05) is 0 Å². The van der Waals surface area contributed by atoms with E-state index >= 15 is 0 Å². The van der Waals surface area contributed by atoms with Crippen molar-refractivity contribution >= 4 is 21.9 Å². The van der Waals surface area contributed by atoms with Gasteiger partial charge in [-0.3, -0.25) is 0 Å². The molecule has 5 heteroatoms. The lowest BCUT2D eigenvalue weighted by molar-refractivity contribution is -0.145. The molecule has 0 atom stereocenters. The van der Waals surface area contributed by atoms with Gasteiger partial charge >= 0.3 is 5.97 Å². The number of aromatic nitrogens is 1. The molecule has 15 heavy (non-hydrogen) atoms. The van der Waals surface area contributed by atoms with E-state index in [4.69, 9.17) is 9.47 Å². The summed E-state index contributed by atoms with van der Waals surface area (Å²) >= 11 is 3.29. The zero-order valence-electron chi connectivity index (χ0n) is 8.62. The second-order valence-electron chi connectivity index (χ2n) is 2.87. The second kappa shape index (κ2) is 5.70. The van der Waals surface area contributed by atoms with Crippen LogP contribution in [0.1, 0.15) is 12.5 Å². The number of halogens is 1. The Hall–Kier alpha value is -1.10. The van der Waals surface area contributed by atoms with Gasteiger partial charge in [0.25, 0.3) is 0 Å². The van der Waals surface area contributed by atoms with Gasteiger partial charge in [0.15, 0.2) is 6.61 Å². The van der Waals surface area contributed by atoms with E-state index < -0.39 is 0 Å². The molecule has 0 amide bonds. The van der Waals surface area contributed by atoms with Crippen LogP contribution in [0.3, 0.4) is 0 Å². The van der Waals surface area contributed by atoms with Crippen molar-refractivity contribution in [2.24, 2.45) is 0 Å². The molecule has 0 aliphatic rings. The van der Waals surface area contributed by atoms with Crippen molar-refractivity contribution < 1.29 is 14.3 Å². The quantitative estimate of drug-likeness (QED) is 0.789. The largest absolute Gasteiger partial charge is 0.465 e. The predicted octanol–water partition coefficient (Wildman–Crippen LogP) is 2.09. The van der Waals surface area contributed by atoms with Gasteiger partial charge in [0.05, 0.1) is 6.61 Å². The highest BCUT2D eigenvalue weighted by atomic mass is 79.9. The first-order valence-corrected chi connectivity index (χ1v) is 5.33. The highest BCUT2D eigenvalue weighted by Crippen LogP contribution is 2.18. The lowest BCUT2D eigenvalue weighted by atomic mass is 10.3. The number of nitrogens with zero attached hydrogens (tertiary/aromatic N) is 1. The summed E-state index contributed by atoms with van der Waals surface area (Å²) in [6.45, 7) is 3.86. The maximum Gasteiger partial charge on any atom is 0.344 e. The van der Waals surface area contributed by atoms with Crippen LogP contribution in [-0.4, -0.2) is 24.2 Å². The third kappa shape index (κ3) is 3.87. The zero-order chi connectivity index (χ0) is 11.3. The van der Waals surface area contributed by atoms with Crippen LogP contribution in [0.25, 0.3) is 0 Å². The average Bonchev–Trinajstić information content (AvgIpc) is 2.17. The van der Waals surface area contributed by atoms with Gasteiger partial charge in [-0.25, -0.2) is 9.78 Å². The molecule has 1 aromatic rings. The second-order valence-corrected chi connectivity index (χ2v) is 3.78. The van der Waals surface area contributed by atoms with Crippen LogP contribution in [0, 0.1) is 6.92 Å². The molecule has 0 radical (unpaired) electrons. The molecular weight excluding hydrogens is 262 g/mol. The highest BCUT2D eigenvalue weighted by molar-refractivity contribution is 9.10. The van der Waals surface area contributed by atoms with E-state index in [9.17, 15) is 4.79 Å². The van der Waals surface area contributed by atoms with Crippen LogP contribution >= 0.6 is 15.9 Å². The number of hydrogen-bond donors (Lipinski definition) is 0. The van der Waals surface area contributed by atoms with E-state index in [1.54, 1.807) is 13.1 Å². The van der Waals surface area contributed by atoms with Gasteiger partial charge in [0, 0.05) is 16.2 Å². The SMILES string of the molecule is CCOC(=O)COc1ncc(Br)cc1C. The molecule has 0 fully saturated rings. The standard InChI is InChI=1S/C10H12BrNO3/c1-3-14-9(13)6-15-10-7(2)4-8(11)5-12-10/h4-5H,3,6H2,1-2H3. The molecule has 0 bridgehead atoms. The van der Waals surface area contributed by atoms with Crippen molar-refractivity contribution in [3.63, 3.8) is 0 Å². The molecule has 0 saturated carbocycles. The van der Waals surface area contributed by atoms with Crippen molar-refractivity contribution in [1.82, 2.24) is 4.98 Å². The van der Waals surface area contributed by atoms with Gasteiger partial charge in [0.2, 0.25) is 5.88 Å². The molecule has 4 nitrogen and oxygen atoms in total. The Morgan fingerprint density at radius 3 is 2.93 bits per heavy atom. The summed E-state index contributed by atoms with van der Waals surface area (Å²) in [6.07, 6.45) is 1.62. The van der Waals surface area contributed by atoms with E-state index in [-0.39, 0.29) is 12.6 Å². The fraction of sp³-hybridized carbons (Fsp3) is 0.400. The Morgan fingerprint density at radius 1 is 1.60 bits per heavy atom. The lowest BCUT2D eigenvalue weighted by Gasteiger charge is -2.07. The van der Waals surface area contributed by atoms with Crippen LogP contribution in [0.4, 0.5) is 0 Å². The van der Waals surface area contributed by atoms with Gasteiger partial charge in [-0.2, -0.15) is 0 Å². The summed E-state index contributed by atoms with van der Waals surface area (Å²) in [6, 6.07) is 1.87. The molecule has 0 N–H and O–H groups in total. The number of aryl methyl sites for hydroxylation is 1. The molecule has 0 aromatic carbocycles. The van der Waals surface area contributed by atoms with Crippen molar-refractivity contribution in [1.29, 1.82) is 0 Å². The first kappa shape index (κ1) is 12.0. The van der Waals surface area contributed by atoms with Gasteiger partial charge < -0.3 is 9.47 Å². The number of carbonyl (C=O) groups excluding carboxylic acids is 1. The fourth-order valence-corrected chi connectivity index (χ4v) is 1.45. The summed E-state index contributed by atoms with van der Waals surface area (Å²) in [5.74, 6) is 0.0628. The van der Waals surface area contributed by atoms with Crippen LogP contribution < -0.4 is 4.74 Å². The Kier molecular flexibility index (Phi) is 4.55. The molecule has 0 spiro atoms. The third-order valence-electron chi connectivity index (χ3n) is 1.63. The number of carbonyl (C=O) groups is 1. The highest BCUT2D eigenvalue weighted by Gasteiger charge is 2.06. The van der Waals surface area contributed by atoms with Crippen molar-refractivity contribution in [2.75, 3.05) is 13.2 Å². The lowest BCUT2D eigenvalue weighted by Crippen LogP contribution is -2.15. The van der Waals surface area contributed by atoms with Crippen LogP contribution in [-0.2, 0) is 9.53 Å². The maximum absolute atomic E-state index is 11.0. The predicted molar refractivity (Wildman–Crippen MR) is 58.8 cm³/mol. The summed E-state index contributed by atoms with van der Waals surface area (Å²) in [7, 11) is 0. The molecule has 0 saturated heterocycles. The molecule has 82 valence electrons. The number of ether oxygens (including phenoxy) is 2. The number of rotatable bonds is 4. The molecule has 1 rings (SSSR count). The van der Waals surface area contributed by atoms with Crippen molar-refractivity contribution in [3.8, 4) is 5.88 Å². The fourth-order valence-electron chi connectivity index (χ4n) is 1.01. The van der Waals surface area contributed by atoms with Crippen LogP contribution in [0.15, 0.2) is 16.7 Å². The van der Waals surface area contributed by atoms with E-state index in [0.29, 0.717) is 12.5 Å². The van der Waals surface area contributed by atoms with Gasteiger partial charge in [-0.15, -0.1) is 0 Å². The van der Waals surface area contributed by atoms with Crippen molar-refractivity contribution in [2.45, 2.75) is 13.8 Å². The summed E-state index contributed by atoms with van der Waals surface area (Å²) in [5, 5.41) is 0. The first-order valence-electron chi connectivity index (χ1n) is 4.54. The smallest absolute Gasteiger partial charge is 0.344 e. The minimum absolute atomic E-state index is 0.108. The van der Waals surface area contributed by atoms with E-state index in [1.807, 2.05) is 13.0 Å². The Balaban J connectivity index is 2.54. The van der Waals surface area contributed by atoms with E-state index in [0.717, 1.165) is 10.0 Å². The van der Waals surface area contributed by atoms with Crippen LogP contribution in [0.5, 0.6) is 5.88 Å². The number of hydrogen-bond acceptors (Lipinski definition) is 4. The molecule has 1 heterocycles. The number of pyridine rings is 1. The average molecular weight is 274 g/mol. The third-order valence-corrected chi connectivity index (χ3v) is 2.06. The molecule has 0 unspecified atom stereocenters. The minimum Gasteiger partial charge on any atom is -0.465 e. The van der Waals surface area contributed by atoms with E-state index in [1.165, 1.54) is 0 Å². The molecular formula is C10H12BrNO3. The molecule has 0 aliphatic heterocycles. The summed E-state index contributed by atoms with van der Waals surface area (Å²) < 4.78 is 10.8. The van der Waals surface area contributed by atoms with Gasteiger partial charge in [-0.05, 0) is 35.8 Å². The summed E-state index contributed by atoms with van der Waals surface area (Å²) in [5.41, 5.74) is 0.869. The Morgan fingerprint density at radius 2 is 2.33 bits per heavy atom. The van der Waals surface area contributed by atoms with Gasteiger partial charge in [0.1, 0.15) is 0 Å². The Labute approximate surface area is 96.7 Å². The summed E-state index contributed by atoms with van der Waals surface area (Å²) in [4.78, 5) is 15.0. The maximum atomic E-state index is 11.0. The molecule has 1 aromatic heterocycles. The first-order chi connectivity index (χ1) is 7.13. The Bertz CT molecular complexity index is 355. The van der Waals surface area contributed by atoms with E-state index in [2.05, 4.69) is 20.9 Å².